The molecule has 0 aliphatic heterocycles. The Labute approximate surface area is 139 Å². The molecule has 0 saturated carbocycles. The molecule has 0 aliphatic rings. The van der Waals surface area contributed by atoms with Gasteiger partial charge in [0.2, 0.25) is 0 Å². The number of rotatable bonds is 6. The van der Waals surface area contributed by atoms with E-state index in [1.807, 2.05) is 18.4 Å². The molecule has 6 heteroatoms. The van der Waals surface area contributed by atoms with Crippen molar-refractivity contribution in [1.82, 2.24) is 4.90 Å². The van der Waals surface area contributed by atoms with E-state index in [1.54, 1.807) is 41.5 Å². The fourth-order valence-electron chi connectivity index (χ4n) is 2.10. The largest absolute Gasteiger partial charge is 0.495 e. The number of benzene rings is 1. The maximum atomic E-state index is 12.5. The van der Waals surface area contributed by atoms with Crippen LogP contribution in [0, 0.1) is 0 Å². The Kier molecular flexibility index (Phi) is 6.10. The molecule has 2 rings (SSSR count). The highest BCUT2D eigenvalue weighted by Gasteiger charge is 2.15. The molecule has 1 heterocycles. The van der Waals surface area contributed by atoms with Crippen LogP contribution in [0.5, 0.6) is 5.75 Å². The first-order valence-corrected chi connectivity index (χ1v) is 8.36. The summed E-state index contributed by atoms with van der Waals surface area (Å²) in [5, 5.41) is 7.50. The molecular formula is C16H19ClN2O2S. The number of hydrogen-bond donors (Lipinski definition) is 1. The number of halogens is 1. The molecule has 0 radical (unpaired) electrons. The molecule has 2 aromatic rings. The van der Waals surface area contributed by atoms with Gasteiger partial charge in [0.15, 0.2) is 0 Å². The fourth-order valence-corrected chi connectivity index (χ4v) is 2.93. The summed E-state index contributed by atoms with van der Waals surface area (Å²) in [6.45, 7) is 3.32. The summed E-state index contributed by atoms with van der Waals surface area (Å²) in [6, 6.07) is 7.02. The molecule has 0 aliphatic carbocycles. The normalized spacial score (nSPS) is 10.3. The van der Waals surface area contributed by atoms with E-state index in [0.717, 1.165) is 12.0 Å². The zero-order chi connectivity index (χ0) is 15.9. The van der Waals surface area contributed by atoms with Gasteiger partial charge in [-0.25, -0.2) is 4.79 Å². The second-order valence-electron chi connectivity index (χ2n) is 4.83. The van der Waals surface area contributed by atoms with Gasteiger partial charge in [-0.3, -0.25) is 0 Å². The van der Waals surface area contributed by atoms with Gasteiger partial charge in [0.05, 0.1) is 12.8 Å². The molecule has 0 unspecified atom stereocenters. The van der Waals surface area contributed by atoms with Crippen molar-refractivity contribution < 1.29 is 9.53 Å². The third-order valence-corrected chi connectivity index (χ3v) is 4.10. The number of hydrogen-bond acceptors (Lipinski definition) is 3. The third kappa shape index (κ3) is 4.39. The van der Waals surface area contributed by atoms with Crippen LogP contribution in [0.3, 0.4) is 0 Å². The minimum absolute atomic E-state index is 0.159. The topological polar surface area (TPSA) is 41.6 Å². The van der Waals surface area contributed by atoms with Gasteiger partial charge in [-0.05, 0) is 47.0 Å². The zero-order valence-electron chi connectivity index (χ0n) is 12.6. The molecular weight excluding hydrogens is 320 g/mol. The molecule has 0 saturated heterocycles. The molecule has 4 nitrogen and oxygen atoms in total. The summed E-state index contributed by atoms with van der Waals surface area (Å²) in [7, 11) is 1.56. The Hall–Kier alpha value is -1.72. The van der Waals surface area contributed by atoms with E-state index in [1.165, 1.54) is 0 Å². The van der Waals surface area contributed by atoms with Crippen LogP contribution < -0.4 is 10.1 Å². The molecule has 22 heavy (non-hydrogen) atoms. The molecule has 0 bridgehead atoms. The number of methoxy groups -OCH3 is 1. The smallest absolute Gasteiger partial charge is 0.322 e. The van der Waals surface area contributed by atoms with Crippen molar-refractivity contribution in [2.45, 2.75) is 19.9 Å². The van der Waals surface area contributed by atoms with E-state index < -0.39 is 0 Å². The Morgan fingerprint density at radius 2 is 2.23 bits per heavy atom. The van der Waals surface area contributed by atoms with Gasteiger partial charge in [-0.1, -0.05) is 18.5 Å². The molecule has 0 fully saturated rings. The van der Waals surface area contributed by atoms with Gasteiger partial charge < -0.3 is 15.0 Å². The lowest BCUT2D eigenvalue weighted by Gasteiger charge is -2.23. The van der Waals surface area contributed by atoms with Crippen LogP contribution in [0.25, 0.3) is 0 Å². The second kappa shape index (κ2) is 8.06. The number of anilines is 1. The van der Waals surface area contributed by atoms with E-state index in [9.17, 15) is 4.79 Å². The van der Waals surface area contributed by atoms with Crippen LogP contribution in [-0.4, -0.2) is 24.6 Å². The number of carbonyl (C=O) groups excluding carboxylic acids is 1. The molecule has 2 amide bonds. The Balaban J connectivity index is 2.12. The first kappa shape index (κ1) is 16.6. The van der Waals surface area contributed by atoms with Crippen LogP contribution in [0.1, 0.15) is 18.9 Å². The maximum Gasteiger partial charge on any atom is 0.322 e. The van der Waals surface area contributed by atoms with Gasteiger partial charge in [-0.2, -0.15) is 11.3 Å². The lowest BCUT2D eigenvalue weighted by molar-refractivity contribution is 0.209. The van der Waals surface area contributed by atoms with Gasteiger partial charge in [0.25, 0.3) is 0 Å². The SMILES string of the molecule is CCCN(Cc1ccsc1)C(=O)Nc1cc(Cl)ccc1OC. The highest BCUT2D eigenvalue weighted by atomic mass is 35.5. The summed E-state index contributed by atoms with van der Waals surface area (Å²) in [4.78, 5) is 14.3. The summed E-state index contributed by atoms with van der Waals surface area (Å²) >= 11 is 7.62. The number of thiophene rings is 1. The standard InChI is InChI=1S/C16H19ClN2O2S/c1-3-7-19(10-12-6-8-22-11-12)16(20)18-14-9-13(17)4-5-15(14)21-2/h4-6,8-9,11H,3,7,10H2,1-2H3,(H,18,20). The van der Waals surface area contributed by atoms with E-state index >= 15 is 0 Å². The predicted octanol–water partition coefficient (Wildman–Crippen LogP) is 4.85. The monoisotopic (exact) mass is 338 g/mol. The third-order valence-electron chi connectivity index (χ3n) is 3.14. The first-order chi connectivity index (χ1) is 10.6. The van der Waals surface area contributed by atoms with Crippen molar-refractivity contribution in [3.05, 3.63) is 45.6 Å². The minimum Gasteiger partial charge on any atom is -0.495 e. The highest BCUT2D eigenvalue weighted by Crippen LogP contribution is 2.28. The number of urea groups is 1. The van der Waals surface area contributed by atoms with E-state index in [4.69, 9.17) is 16.3 Å². The zero-order valence-corrected chi connectivity index (χ0v) is 14.2. The number of nitrogens with zero attached hydrogens (tertiary/aromatic N) is 1. The van der Waals surface area contributed by atoms with Gasteiger partial charge in [-0.15, -0.1) is 0 Å². The number of amides is 2. The molecule has 1 aromatic carbocycles. The second-order valence-corrected chi connectivity index (χ2v) is 6.04. The van der Waals surface area contributed by atoms with Crippen LogP contribution >= 0.6 is 22.9 Å². The lowest BCUT2D eigenvalue weighted by atomic mass is 10.3. The average molecular weight is 339 g/mol. The van der Waals surface area contributed by atoms with Crippen LogP contribution in [-0.2, 0) is 6.54 Å². The molecule has 1 N–H and O–H groups in total. The number of carbonyl (C=O) groups is 1. The van der Waals surface area contributed by atoms with Crippen LogP contribution in [0.15, 0.2) is 35.0 Å². The van der Waals surface area contributed by atoms with Crippen molar-refractivity contribution in [2.24, 2.45) is 0 Å². The van der Waals surface area contributed by atoms with Crippen LogP contribution in [0.2, 0.25) is 5.02 Å². The van der Waals surface area contributed by atoms with Crippen molar-refractivity contribution in [1.29, 1.82) is 0 Å². The van der Waals surface area contributed by atoms with E-state index in [2.05, 4.69) is 10.7 Å². The van der Waals surface area contributed by atoms with Gasteiger partial charge >= 0.3 is 6.03 Å². The number of ether oxygens (including phenoxy) is 1. The molecule has 0 spiro atoms. The molecule has 1 aromatic heterocycles. The Morgan fingerprint density at radius 1 is 1.41 bits per heavy atom. The quantitative estimate of drug-likeness (QED) is 0.817. The van der Waals surface area contributed by atoms with Gasteiger partial charge in [0, 0.05) is 18.1 Å². The number of nitrogens with one attached hydrogen (secondary N) is 1. The average Bonchev–Trinajstić information content (AvgIpc) is 3.00. The summed E-state index contributed by atoms with van der Waals surface area (Å²) in [6.07, 6.45) is 0.893. The predicted molar refractivity (Wildman–Crippen MR) is 92.0 cm³/mol. The van der Waals surface area contributed by atoms with Crippen molar-refractivity contribution in [3.63, 3.8) is 0 Å². The summed E-state index contributed by atoms with van der Waals surface area (Å²) in [5.74, 6) is 0.588. The lowest BCUT2D eigenvalue weighted by Crippen LogP contribution is -2.35. The highest BCUT2D eigenvalue weighted by molar-refractivity contribution is 7.07. The fraction of sp³-hybridized carbons (Fsp3) is 0.312. The summed E-state index contributed by atoms with van der Waals surface area (Å²) in [5.41, 5.74) is 1.71. The molecule has 118 valence electrons. The summed E-state index contributed by atoms with van der Waals surface area (Å²) < 4.78 is 5.26. The Morgan fingerprint density at radius 3 is 2.86 bits per heavy atom. The first-order valence-electron chi connectivity index (χ1n) is 7.04. The van der Waals surface area contributed by atoms with E-state index in [0.29, 0.717) is 29.5 Å². The van der Waals surface area contributed by atoms with Crippen molar-refractivity contribution in [2.75, 3.05) is 19.0 Å². The minimum atomic E-state index is -0.159. The maximum absolute atomic E-state index is 12.5. The van der Waals surface area contributed by atoms with Crippen LogP contribution in [0.4, 0.5) is 10.5 Å². The van der Waals surface area contributed by atoms with E-state index in [-0.39, 0.29) is 6.03 Å². The van der Waals surface area contributed by atoms with Crippen molar-refractivity contribution in [3.8, 4) is 5.75 Å². The molecule has 0 atom stereocenters. The van der Waals surface area contributed by atoms with Gasteiger partial charge in [0.1, 0.15) is 5.75 Å². The van der Waals surface area contributed by atoms with Crippen molar-refractivity contribution >= 4 is 34.7 Å². The Bertz CT molecular complexity index is 617.